The number of piperidine rings is 1. The maximum absolute atomic E-state index is 12.8. The van der Waals surface area contributed by atoms with Gasteiger partial charge in [-0.15, -0.1) is 11.3 Å². The van der Waals surface area contributed by atoms with E-state index in [-0.39, 0.29) is 11.9 Å². The summed E-state index contributed by atoms with van der Waals surface area (Å²) in [5, 5.41) is 0. The number of hydrogen-bond donors (Lipinski definition) is 1. The van der Waals surface area contributed by atoms with E-state index in [1.165, 1.54) is 23.3 Å². The highest BCUT2D eigenvalue weighted by Gasteiger charge is 2.31. The molecule has 3 nitrogen and oxygen atoms in total. The number of aryl methyl sites for hydroxylation is 2. The van der Waals surface area contributed by atoms with Gasteiger partial charge in [-0.2, -0.15) is 0 Å². The number of likely N-dealkylation sites (tertiary alicyclic amines) is 1. The lowest BCUT2D eigenvalue weighted by molar-refractivity contribution is 0.0563. The average Bonchev–Trinajstić information content (AvgIpc) is 3.07. The van der Waals surface area contributed by atoms with Crippen LogP contribution in [0.4, 0.5) is 0 Å². The van der Waals surface area contributed by atoms with Crippen LogP contribution in [0.25, 0.3) is 0 Å². The molecule has 2 heterocycles. The zero-order valence-corrected chi connectivity index (χ0v) is 13.0. The second-order valence-electron chi connectivity index (χ2n) is 6.10. The number of fused-ring (bicyclic) bond motifs is 1. The highest BCUT2D eigenvalue weighted by atomic mass is 32.1. The van der Waals surface area contributed by atoms with Crippen LogP contribution in [0.3, 0.4) is 0 Å². The molecule has 0 radical (unpaired) electrons. The van der Waals surface area contributed by atoms with E-state index >= 15 is 0 Å². The van der Waals surface area contributed by atoms with Gasteiger partial charge in [0.15, 0.2) is 0 Å². The number of carbonyl (C=O) groups is 1. The van der Waals surface area contributed by atoms with Gasteiger partial charge in [0.1, 0.15) is 0 Å². The maximum atomic E-state index is 12.8. The van der Waals surface area contributed by atoms with Crippen LogP contribution in [0.2, 0.25) is 0 Å². The van der Waals surface area contributed by atoms with E-state index in [0.717, 1.165) is 43.0 Å². The summed E-state index contributed by atoms with van der Waals surface area (Å²) in [5.41, 5.74) is 7.32. The van der Waals surface area contributed by atoms with E-state index in [4.69, 9.17) is 5.73 Å². The Bertz CT molecular complexity index is 475. The third-order valence-electron chi connectivity index (χ3n) is 4.89. The SMILES string of the molecule is CCC1CCN(C(=O)c2cc3c(s2)CCC3)C(CN)C1. The van der Waals surface area contributed by atoms with Crippen molar-refractivity contribution in [1.82, 2.24) is 4.90 Å². The minimum Gasteiger partial charge on any atom is -0.334 e. The van der Waals surface area contributed by atoms with Gasteiger partial charge >= 0.3 is 0 Å². The summed E-state index contributed by atoms with van der Waals surface area (Å²) < 4.78 is 0. The summed E-state index contributed by atoms with van der Waals surface area (Å²) in [7, 11) is 0. The molecule has 20 heavy (non-hydrogen) atoms. The summed E-state index contributed by atoms with van der Waals surface area (Å²) in [6.45, 7) is 3.70. The summed E-state index contributed by atoms with van der Waals surface area (Å²) >= 11 is 1.71. The zero-order chi connectivity index (χ0) is 14.1. The molecule has 1 aliphatic heterocycles. The van der Waals surface area contributed by atoms with Gasteiger partial charge in [0.25, 0.3) is 5.91 Å². The lowest BCUT2D eigenvalue weighted by Crippen LogP contribution is -2.49. The summed E-state index contributed by atoms with van der Waals surface area (Å²) in [4.78, 5) is 17.2. The Kier molecular flexibility index (Phi) is 4.13. The van der Waals surface area contributed by atoms with Gasteiger partial charge in [0.2, 0.25) is 0 Å². The minimum absolute atomic E-state index is 0.217. The molecule has 0 saturated carbocycles. The van der Waals surface area contributed by atoms with Crippen molar-refractivity contribution in [2.45, 2.75) is 51.5 Å². The third-order valence-corrected chi connectivity index (χ3v) is 6.12. The van der Waals surface area contributed by atoms with Gasteiger partial charge in [0.05, 0.1) is 4.88 Å². The first-order chi connectivity index (χ1) is 9.72. The van der Waals surface area contributed by atoms with Crippen LogP contribution in [-0.4, -0.2) is 29.9 Å². The smallest absolute Gasteiger partial charge is 0.264 e. The van der Waals surface area contributed by atoms with E-state index < -0.39 is 0 Å². The number of nitrogens with two attached hydrogens (primary N) is 1. The van der Waals surface area contributed by atoms with E-state index in [1.54, 1.807) is 11.3 Å². The Morgan fingerprint density at radius 2 is 2.35 bits per heavy atom. The van der Waals surface area contributed by atoms with Gasteiger partial charge in [-0.05, 0) is 49.7 Å². The molecule has 1 aromatic heterocycles. The van der Waals surface area contributed by atoms with Crippen LogP contribution < -0.4 is 5.73 Å². The molecule has 110 valence electrons. The van der Waals surface area contributed by atoms with Crippen molar-refractivity contribution >= 4 is 17.2 Å². The van der Waals surface area contributed by atoms with E-state index in [2.05, 4.69) is 13.0 Å². The lowest BCUT2D eigenvalue weighted by atomic mass is 9.89. The van der Waals surface area contributed by atoms with Crippen LogP contribution in [0.15, 0.2) is 6.07 Å². The average molecular weight is 292 g/mol. The van der Waals surface area contributed by atoms with Crippen molar-refractivity contribution < 1.29 is 4.79 Å². The van der Waals surface area contributed by atoms with Crippen LogP contribution in [0.5, 0.6) is 0 Å². The number of rotatable bonds is 3. The molecular formula is C16H24N2OS. The number of hydrogen-bond acceptors (Lipinski definition) is 3. The highest BCUT2D eigenvalue weighted by Crippen LogP contribution is 2.33. The molecule has 1 aromatic rings. The molecule has 2 N–H and O–H groups in total. The maximum Gasteiger partial charge on any atom is 0.264 e. The number of amides is 1. The van der Waals surface area contributed by atoms with Gasteiger partial charge in [-0.25, -0.2) is 0 Å². The van der Waals surface area contributed by atoms with E-state index in [9.17, 15) is 4.79 Å². The Morgan fingerprint density at radius 1 is 1.50 bits per heavy atom. The molecule has 2 unspecified atom stereocenters. The van der Waals surface area contributed by atoms with Crippen LogP contribution in [-0.2, 0) is 12.8 Å². The van der Waals surface area contributed by atoms with Crippen LogP contribution in [0, 0.1) is 5.92 Å². The molecule has 4 heteroatoms. The zero-order valence-electron chi connectivity index (χ0n) is 12.2. The molecule has 1 fully saturated rings. The molecule has 0 spiro atoms. The first-order valence-corrected chi connectivity index (χ1v) is 8.67. The second-order valence-corrected chi connectivity index (χ2v) is 7.24. The standard InChI is InChI=1S/C16H24N2OS/c1-2-11-6-7-18(13(8-11)10-17)16(19)15-9-12-4-3-5-14(12)20-15/h9,11,13H,2-8,10,17H2,1H3. The molecule has 1 amide bonds. The van der Waals surface area contributed by atoms with Crippen molar-refractivity contribution in [3.8, 4) is 0 Å². The molecule has 2 atom stereocenters. The summed E-state index contributed by atoms with van der Waals surface area (Å²) in [5.74, 6) is 0.954. The monoisotopic (exact) mass is 292 g/mol. The van der Waals surface area contributed by atoms with Crippen LogP contribution in [0.1, 0.15) is 52.7 Å². The highest BCUT2D eigenvalue weighted by molar-refractivity contribution is 7.14. The third kappa shape index (κ3) is 2.51. The van der Waals surface area contributed by atoms with Crippen molar-refractivity contribution in [2.24, 2.45) is 11.7 Å². The number of nitrogens with zero attached hydrogens (tertiary/aromatic N) is 1. The van der Waals surface area contributed by atoms with Gasteiger partial charge < -0.3 is 10.6 Å². The number of thiophene rings is 1. The van der Waals surface area contributed by atoms with Crippen molar-refractivity contribution in [1.29, 1.82) is 0 Å². The fraction of sp³-hybridized carbons (Fsp3) is 0.688. The summed E-state index contributed by atoms with van der Waals surface area (Å²) in [6, 6.07) is 2.37. The van der Waals surface area contributed by atoms with E-state index in [0.29, 0.717) is 6.54 Å². The van der Waals surface area contributed by atoms with Gasteiger partial charge in [-0.3, -0.25) is 4.79 Å². The molecule has 3 rings (SSSR count). The van der Waals surface area contributed by atoms with Crippen LogP contribution >= 0.6 is 11.3 Å². The predicted octanol–water partition coefficient (Wildman–Crippen LogP) is 2.83. The first-order valence-electron chi connectivity index (χ1n) is 7.85. The van der Waals surface area contributed by atoms with Crippen molar-refractivity contribution in [3.05, 3.63) is 21.4 Å². The minimum atomic E-state index is 0.217. The Labute approximate surface area is 125 Å². The van der Waals surface area contributed by atoms with E-state index in [1.807, 2.05) is 4.90 Å². The van der Waals surface area contributed by atoms with Gasteiger partial charge in [0, 0.05) is 24.0 Å². The van der Waals surface area contributed by atoms with Gasteiger partial charge in [-0.1, -0.05) is 13.3 Å². The topological polar surface area (TPSA) is 46.3 Å². The number of carbonyl (C=O) groups excluding carboxylic acids is 1. The molecular weight excluding hydrogens is 268 g/mol. The Morgan fingerprint density at radius 3 is 3.05 bits per heavy atom. The summed E-state index contributed by atoms with van der Waals surface area (Å²) in [6.07, 6.45) is 6.96. The molecule has 1 saturated heterocycles. The Hall–Kier alpha value is -0.870. The fourth-order valence-corrected chi connectivity index (χ4v) is 4.78. The normalized spacial score (nSPS) is 25.8. The first kappa shape index (κ1) is 14.1. The van der Waals surface area contributed by atoms with Crippen molar-refractivity contribution in [3.63, 3.8) is 0 Å². The predicted molar refractivity (Wildman–Crippen MR) is 83.2 cm³/mol. The van der Waals surface area contributed by atoms with Crippen molar-refractivity contribution in [2.75, 3.05) is 13.1 Å². The molecule has 0 aromatic carbocycles. The lowest BCUT2D eigenvalue weighted by Gasteiger charge is -2.38. The molecule has 1 aliphatic carbocycles. The molecule has 0 bridgehead atoms. The molecule has 2 aliphatic rings. The fourth-order valence-electron chi connectivity index (χ4n) is 3.57. The quantitative estimate of drug-likeness (QED) is 0.931. The largest absolute Gasteiger partial charge is 0.334 e. The Balaban J connectivity index is 1.75. The second kappa shape index (κ2) is 5.86.